The van der Waals surface area contributed by atoms with Crippen molar-refractivity contribution in [3.63, 3.8) is 0 Å². The molecule has 0 unspecified atom stereocenters. The fourth-order valence-electron chi connectivity index (χ4n) is 4.30. The number of rotatable bonds is 4. The number of benzene rings is 2. The minimum absolute atomic E-state index is 0.168. The Morgan fingerprint density at radius 2 is 1.66 bits per heavy atom. The Bertz CT molecular complexity index is 1200. The Morgan fingerprint density at radius 3 is 2.44 bits per heavy atom. The maximum Gasteiger partial charge on any atom is 0.275 e. The smallest absolute Gasteiger partial charge is 0.275 e. The molecule has 166 valence electrons. The number of hydrogen-bond acceptors (Lipinski definition) is 6. The van der Waals surface area contributed by atoms with Crippen molar-refractivity contribution in [1.82, 2.24) is 9.78 Å². The van der Waals surface area contributed by atoms with Crippen molar-refractivity contribution in [1.29, 1.82) is 0 Å². The summed E-state index contributed by atoms with van der Waals surface area (Å²) in [5.74, 6) is 1.70. The minimum atomic E-state index is -0.326. The number of nitrogens with zero attached hydrogens (tertiary/aromatic N) is 3. The molecule has 0 atom stereocenters. The monoisotopic (exact) mass is 434 g/mol. The summed E-state index contributed by atoms with van der Waals surface area (Å²) >= 11 is 0. The molecule has 32 heavy (non-hydrogen) atoms. The van der Waals surface area contributed by atoms with E-state index in [2.05, 4.69) is 15.3 Å². The third-order valence-corrected chi connectivity index (χ3v) is 5.87. The van der Waals surface area contributed by atoms with E-state index < -0.39 is 0 Å². The van der Waals surface area contributed by atoms with Gasteiger partial charge in [-0.15, -0.1) is 0 Å². The zero-order chi connectivity index (χ0) is 21.9. The normalized spacial score (nSPS) is 15.9. The molecule has 2 aliphatic heterocycles. The molecular formula is C24H26N4O4. The summed E-state index contributed by atoms with van der Waals surface area (Å²) < 4.78 is 12.4. The van der Waals surface area contributed by atoms with E-state index in [9.17, 15) is 9.59 Å². The van der Waals surface area contributed by atoms with Crippen LogP contribution < -0.4 is 25.2 Å². The minimum Gasteiger partial charge on any atom is -0.486 e. The van der Waals surface area contributed by atoms with Crippen molar-refractivity contribution in [2.45, 2.75) is 32.2 Å². The van der Waals surface area contributed by atoms with Crippen LogP contribution in [0.5, 0.6) is 11.5 Å². The van der Waals surface area contributed by atoms with Gasteiger partial charge >= 0.3 is 0 Å². The number of aromatic nitrogens is 2. The Hall–Kier alpha value is -3.55. The van der Waals surface area contributed by atoms with Crippen LogP contribution in [0.1, 0.15) is 25.7 Å². The molecule has 1 fully saturated rings. The molecule has 0 saturated carbocycles. The second-order valence-corrected chi connectivity index (χ2v) is 8.14. The first-order chi connectivity index (χ1) is 15.7. The van der Waals surface area contributed by atoms with E-state index in [0.29, 0.717) is 35.8 Å². The van der Waals surface area contributed by atoms with Gasteiger partial charge in [0.15, 0.2) is 17.3 Å². The molecule has 5 rings (SSSR count). The van der Waals surface area contributed by atoms with Crippen molar-refractivity contribution >= 4 is 28.2 Å². The van der Waals surface area contributed by atoms with Gasteiger partial charge in [-0.05, 0) is 31.0 Å². The van der Waals surface area contributed by atoms with Gasteiger partial charge in [-0.1, -0.05) is 31.0 Å². The van der Waals surface area contributed by atoms with E-state index >= 15 is 0 Å². The first-order valence-electron chi connectivity index (χ1n) is 11.1. The molecule has 3 heterocycles. The van der Waals surface area contributed by atoms with Gasteiger partial charge < -0.3 is 19.7 Å². The van der Waals surface area contributed by atoms with E-state index in [1.807, 2.05) is 18.2 Å². The molecule has 2 aromatic carbocycles. The Morgan fingerprint density at radius 1 is 0.938 bits per heavy atom. The van der Waals surface area contributed by atoms with Gasteiger partial charge in [0.2, 0.25) is 5.91 Å². The molecule has 1 aromatic heterocycles. The molecule has 2 aliphatic rings. The summed E-state index contributed by atoms with van der Waals surface area (Å²) in [6.45, 7) is 2.62. The maximum atomic E-state index is 13.1. The molecular weight excluding hydrogens is 408 g/mol. The quantitative estimate of drug-likeness (QED) is 0.679. The largest absolute Gasteiger partial charge is 0.486 e. The summed E-state index contributed by atoms with van der Waals surface area (Å²) in [7, 11) is 0. The second-order valence-electron chi connectivity index (χ2n) is 8.14. The number of fused-ring (bicyclic) bond motifs is 2. The second kappa shape index (κ2) is 8.90. The SMILES string of the molecule is O=C(Cn1nc(N2CCCCCC2)c2ccccc2c1=O)Nc1ccc2c(c1)OCCO2. The van der Waals surface area contributed by atoms with Crippen LogP contribution in [0, 0.1) is 0 Å². The number of nitrogens with one attached hydrogen (secondary N) is 1. The van der Waals surface area contributed by atoms with E-state index in [1.54, 1.807) is 24.3 Å². The van der Waals surface area contributed by atoms with Gasteiger partial charge in [-0.25, -0.2) is 4.68 Å². The molecule has 3 aromatic rings. The summed E-state index contributed by atoms with van der Waals surface area (Å²) in [6.07, 6.45) is 4.59. The summed E-state index contributed by atoms with van der Waals surface area (Å²) in [6, 6.07) is 12.7. The highest BCUT2D eigenvalue weighted by Gasteiger charge is 2.19. The van der Waals surface area contributed by atoms with Crippen LogP contribution in [0.4, 0.5) is 11.5 Å². The lowest BCUT2D eigenvalue weighted by Crippen LogP contribution is -2.33. The molecule has 1 amide bonds. The number of amides is 1. The maximum absolute atomic E-state index is 13.1. The van der Waals surface area contributed by atoms with Crippen LogP contribution in [0.2, 0.25) is 0 Å². The highest BCUT2D eigenvalue weighted by molar-refractivity contribution is 5.93. The van der Waals surface area contributed by atoms with Crippen LogP contribution in [-0.4, -0.2) is 42.0 Å². The highest BCUT2D eigenvalue weighted by Crippen LogP contribution is 2.32. The van der Waals surface area contributed by atoms with Gasteiger partial charge in [-0.2, -0.15) is 5.10 Å². The highest BCUT2D eigenvalue weighted by atomic mass is 16.6. The van der Waals surface area contributed by atoms with Crippen molar-refractivity contribution in [2.24, 2.45) is 0 Å². The number of anilines is 2. The fourth-order valence-corrected chi connectivity index (χ4v) is 4.30. The van der Waals surface area contributed by atoms with Crippen molar-refractivity contribution in [2.75, 3.05) is 36.5 Å². The van der Waals surface area contributed by atoms with Gasteiger partial charge in [0.25, 0.3) is 5.56 Å². The molecule has 1 N–H and O–H groups in total. The van der Waals surface area contributed by atoms with Gasteiger partial charge in [-0.3, -0.25) is 9.59 Å². The first kappa shape index (κ1) is 20.4. The van der Waals surface area contributed by atoms with E-state index in [1.165, 1.54) is 17.5 Å². The van der Waals surface area contributed by atoms with E-state index in [4.69, 9.17) is 9.47 Å². The fraction of sp³-hybridized carbons (Fsp3) is 0.375. The van der Waals surface area contributed by atoms with Crippen LogP contribution >= 0.6 is 0 Å². The van der Waals surface area contributed by atoms with Gasteiger partial charge in [0, 0.05) is 30.2 Å². The van der Waals surface area contributed by atoms with E-state index in [0.717, 1.165) is 37.1 Å². The number of ether oxygens (including phenoxy) is 2. The van der Waals surface area contributed by atoms with Crippen molar-refractivity contribution in [3.05, 3.63) is 52.8 Å². The van der Waals surface area contributed by atoms with Crippen LogP contribution in [-0.2, 0) is 11.3 Å². The molecule has 0 aliphatic carbocycles. The molecule has 0 bridgehead atoms. The predicted octanol–water partition coefficient (Wildman–Crippen LogP) is 3.19. The number of carbonyl (C=O) groups excluding carboxylic acids is 1. The molecule has 0 spiro atoms. The van der Waals surface area contributed by atoms with Crippen LogP contribution in [0.25, 0.3) is 10.8 Å². The lowest BCUT2D eigenvalue weighted by atomic mass is 10.1. The zero-order valence-electron chi connectivity index (χ0n) is 17.9. The first-order valence-corrected chi connectivity index (χ1v) is 11.1. The number of hydrogen-bond donors (Lipinski definition) is 1. The standard InChI is InChI=1S/C24H26N4O4/c29-22(25-17-9-10-20-21(15-17)32-14-13-31-20)16-28-24(30)19-8-4-3-7-18(19)23(26-28)27-11-5-1-2-6-12-27/h3-4,7-10,15H,1-2,5-6,11-14,16H2,(H,25,29). The average Bonchev–Trinajstić information content (AvgIpc) is 3.10. The van der Waals surface area contributed by atoms with Crippen molar-refractivity contribution in [3.8, 4) is 11.5 Å². The van der Waals surface area contributed by atoms with Crippen LogP contribution in [0.3, 0.4) is 0 Å². The topological polar surface area (TPSA) is 85.7 Å². The average molecular weight is 434 g/mol. The predicted molar refractivity (Wildman–Crippen MR) is 123 cm³/mol. The van der Waals surface area contributed by atoms with Crippen molar-refractivity contribution < 1.29 is 14.3 Å². The Balaban J connectivity index is 1.42. The third kappa shape index (κ3) is 4.12. The van der Waals surface area contributed by atoms with Gasteiger partial charge in [0.05, 0.1) is 5.39 Å². The van der Waals surface area contributed by atoms with Gasteiger partial charge in [0.1, 0.15) is 19.8 Å². The summed E-state index contributed by atoms with van der Waals surface area (Å²) in [5, 5.41) is 8.89. The number of carbonyl (C=O) groups is 1. The molecule has 8 nitrogen and oxygen atoms in total. The molecule has 8 heteroatoms. The zero-order valence-corrected chi connectivity index (χ0v) is 17.9. The Labute approximate surface area is 185 Å². The molecule has 0 radical (unpaired) electrons. The summed E-state index contributed by atoms with van der Waals surface area (Å²) in [4.78, 5) is 28.1. The lowest BCUT2D eigenvalue weighted by molar-refractivity contribution is -0.117. The third-order valence-electron chi connectivity index (χ3n) is 5.87. The molecule has 1 saturated heterocycles. The van der Waals surface area contributed by atoms with E-state index in [-0.39, 0.29) is 18.0 Å². The lowest BCUT2D eigenvalue weighted by Gasteiger charge is -2.23. The van der Waals surface area contributed by atoms with Crippen LogP contribution in [0.15, 0.2) is 47.3 Å². The summed E-state index contributed by atoms with van der Waals surface area (Å²) in [5.41, 5.74) is 0.317. The Kier molecular flexibility index (Phi) is 5.66.